The summed E-state index contributed by atoms with van der Waals surface area (Å²) in [5, 5.41) is 0. The van der Waals surface area contributed by atoms with E-state index in [-0.39, 0.29) is 16.7 Å². The zero-order valence-corrected chi connectivity index (χ0v) is 16.9. The van der Waals surface area contributed by atoms with Crippen LogP contribution in [0, 0.1) is 0 Å². The molecule has 1 atom stereocenters. The molecule has 2 aromatic rings. The molecule has 0 N–H and O–H groups in total. The van der Waals surface area contributed by atoms with Crippen molar-refractivity contribution in [3.63, 3.8) is 0 Å². The number of carbonyl (C=O) groups is 1. The number of hydrogen-bond donors (Lipinski definition) is 0. The van der Waals surface area contributed by atoms with Crippen molar-refractivity contribution in [3.8, 4) is 0 Å². The third-order valence-electron chi connectivity index (χ3n) is 5.12. The fourth-order valence-corrected chi connectivity index (χ4v) is 4.55. The number of aryl methyl sites for hydroxylation is 1. The monoisotopic (exact) mass is 386 g/mol. The molecule has 0 unspecified atom stereocenters. The molecule has 0 aliphatic carbocycles. The molecule has 0 bridgehead atoms. The van der Waals surface area contributed by atoms with Crippen molar-refractivity contribution in [1.82, 2.24) is 4.31 Å². The van der Waals surface area contributed by atoms with Crippen molar-refractivity contribution >= 4 is 21.6 Å². The first-order chi connectivity index (χ1) is 12.9. The van der Waals surface area contributed by atoms with Crippen molar-refractivity contribution < 1.29 is 13.2 Å². The number of rotatable bonds is 5. The van der Waals surface area contributed by atoms with Crippen LogP contribution in [-0.4, -0.2) is 39.3 Å². The molecular weight excluding hydrogens is 360 g/mol. The summed E-state index contributed by atoms with van der Waals surface area (Å²) in [5.41, 5.74) is 2.77. The Morgan fingerprint density at radius 3 is 2.48 bits per heavy atom. The number of anilines is 1. The second kappa shape index (κ2) is 7.82. The van der Waals surface area contributed by atoms with Gasteiger partial charge in [0.2, 0.25) is 15.9 Å². The van der Waals surface area contributed by atoms with Gasteiger partial charge < -0.3 is 4.90 Å². The molecule has 1 aliphatic rings. The number of fused-ring (bicyclic) bond motifs is 1. The summed E-state index contributed by atoms with van der Waals surface area (Å²) >= 11 is 0. The fraction of sp³-hybridized carbons (Fsp3) is 0.381. The standard InChI is InChI=1S/C21H26N2O3S/c1-4-19(16-9-6-5-7-10-16)21(24)23-14-8-11-17-15-18(12-13-20(17)23)27(25,26)22(2)3/h5-7,9-10,12-13,15,19H,4,8,11,14H2,1-3H3/t19-/m0/s1. The maximum absolute atomic E-state index is 13.3. The number of benzene rings is 2. The second-order valence-electron chi connectivity index (χ2n) is 7.04. The maximum Gasteiger partial charge on any atom is 0.242 e. The molecule has 0 saturated carbocycles. The van der Waals surface area contributed by atoms with Gasteiger partial charge in [0.1, 0.15) is 0 Å². The molecule has 2 aromatic carbocycles. The zero-order chi connectivity index (χ0) is 19.6. The third-order valence-corrected chi connectivity index (χ3v) is 6.93. The topological polar surface area (TPSA) is 57.7 Å². The Kier molecular flexibility index (Phi) is 5.67. The van der Waals surface area contributed by atoms with Gasteiger partial charge in [-0.2, -0.15) is 0 Å². The molecule has 0 fully saturated rings. The molecule has 27 heavy (non-hydrogen) atoms. The number of carbonyl (C=O) groups excluding carboxylic acids is 1. The van der Waals surface area contributed by atoms with Crippen LogP contribution in [-0.2, 0) is 21.2 Å². The highest BCUT2D eigenvalue weighted by molar-refractivity contribution is 7.89. The summed E-state index contributed by atoms with van der Waals surface area (Å²) in [6.07, 6.45) is 2.33. The van der Waals surface area contributed by atoms with E-state index in [1.807, 2.05) is 42.2 Å². The zero-order valence-electron chi connectivity index (χ0n) is 16.1. The van der Waals surface area contributed by atoms with Gasteiger partial charge in [-0.1, -0.05) is 37.3 Å². The lowest BCUT2D eigenvalue weighted by Gasteiger charge is -2.32. The van der Waals surface area contributed by atoms with Gasteiger partial charge in [-0.25, -0.2) is 12.7 Å². The Labute approximate surface area is 161 Å². The smallest absolute Gasteiger partial charge is 0.242 e. The van der Waals surface area contributed by atoms with E-state index in [0.717, 1.165) is 36.1 Å². The van der Waals surface area contributed by atoms with Gasteiger partial charge in [0.25, 0.3) is 0 Å². The van der Waals surface area contributed by atoms with Gasteiger partial charge >= 0.3 is 0 Å². The van der Waals surface area contributed by atoms with E-state index in [9.17, 15) is 13.2 Å². The Morgan fingerprint density at radius 1 is 1.15 bits per heavy atom. The van der Waals surface area contributed by atoms with E-state index in [0.29, 0.717) is 6.54 Å². The highest BCUT2D eigenvalue weighted by atomic mass is 32.2. The predicted molar refractivity (Wildman–Crippen MR) is 107 cm³/mol. The summed E-state index contributed by atoms with van der Waals surface area (Å²) in [7, 11) is -0.434. The number of sulfonamides is 1. The van der Waals surface area contributed by atoms with Crippen molar-refractivity contribution in [2.24, 2.45) is 0 Å². The minimum Gasteiger partial charge on any atom is -0.312 e. The van der Waals surface area contributed by atoms with E-state index < -0.39 is 10.0 Å². The minimum absolute atomic E-state index is 0.0767. The molecule has 0 radical (unpaired) electrons. The minimum atomic E-state index is -3.48. The summed E-state index contributed by atoms with van der Waals surface area (Å²) < 4.78 is 26.0. The summed E-state index contributed by atoms with van der Waals surface area (Å²) in [6, 6.07) is 14.9. The van der Waals surface area contributed by atoms with Crippen molar-refractivity contribution in [2.75, 3.05) is 25.5 Å². The lowest BCUT2D eigenvalue weighted by atomic mass is 9.93. The molecule has 144 valence electrons. The first-order valence-corrected chi connectivity index (χ1v) is 10.7. The molecule has 5 nitrogen and oxygen atoms in total. The van der Waals surface area contributed by atoms with E-state index in [2.05, 4.69) is 0 Å². The molecule has 1 aliphatic heterocycles. The average molecular weight is 387 g/mol. The highest BCUT2D eigenvalue weighted by Gasteiger charge is 2.30. The Balaban J connectivity index is 1.96. The average Bonchev–Trinajstić information content (AvgIpc) is 2.68. The van der Waals surface area contributed by atoms with Gasteiger partial charge in [-0.15, -0.1) is 0 Å². The van der Waals surface area contributed by atoms with E-state index >= 15 is 0 Å². The van der Waals surface area contributed by atoms with Gasteiger partial charge in [0.05, 0.1) is 10.8 Å². The molecule has 0 saturated heterocycles. The number of nitrogens with zero attached hydrogens (tertiary/aromatic N) is 2. The largest absolute Gasteiger partial charge is 0.312 e. The van der Waals surface area contributed by atoms with Crippen LogP contribution in [0.4, 0.5) is 5.69 Å². The summed E-state index contributed by atoms with van der Waals surface area (Å²) in [4.78, 5) is 15.4. The third kappa shape index (κ3) is 3.77. The molecule has 1 amide bonds. The molecule has 1 heterocycles. The van der Waals surface area contributed by atoms with Crippen molar-refractivity contribution in [2.45, 2.75) is 37.0 Å². The quantitative estimate of drug-likeness (QED) is 0.791. The molecule has 3 rings (SSSR count). The van der Waals surface area contributed by atoms with Crippen LogP contribution >= 0.6 is 0 Å². The normalized spacial score (nSPS) is 15.5. The van der Waals surface area contributed by atoms with Crippen LogP contribution in [0.5, 0.6) is 0 Å². The maximum atomic E-state index is 13.3. The SMILES string of the molecule is CC[C@H](C(=O)N1CCCc2cc(S(=O)(=O)N(C)C)ccc21)c1ccccc1. The van der Waals surface area contributed by atoms with Crippen LogP contribution in [0.2, 0.25) is 0 Å². The lowest BCUT2D eigenvalue weighted by Crippen LogP contribution is -2.39. The Bertz CT molecular complexity index is 924. The summed E-state index contributed by atoms with van der Waals surface area (Å²) in [5.74, 6) is -0.116. The van der Waals surface area contributed by atoms with Gasteiger partial charge in [0, 0.05) is 26.3 Å². The van der Waals surface area contributed by atoms with Crippen molar-refractivity contribution in [1.29, 1.82) is 0 Å². The van der Waals surface area contributed by atoms with Gasteiger partial charge in [0.15, 0.2) is 0 Å². The van der Waals surface area contributed by atoms with Crippen LogP contribution in [0.25, 0.3) is 0 Å². The highest BCUT2D eigenvalue weighted by Crippen LogP contribution is 2.33. The molecule has 6 heteroatoms. The summed E-state index contributed by atoms with van der Waals surface area (Å²) in [6.45, 7) is 2.68. The van der Waals surface area contributed by atoms with Crippen LogP contribution < -0.4 is 4.90 Å². The predicted octanol–water partition coefficient (Wildman–Crippen LogP) is 3.41. The van der Waals surface area contributed by atoms with Crippen molar-refractivity contribution in [3.05, 3.63) is 59.7 Å². The van der Waals surface area contributed by atoms with E-state index in [1.165, 1.54) is 18.4 Å². The second-order valence-corrected chi connectivity index (χ2v) is 9.19. The van der Waals surface area contributed by atoms with Gasteiger partial charge in [-0.3, -0.25) is 4.79 Å². The van der Waals surface area contributed by atoms with Gasteiger partial charge in [-0.05, 0) is 48.6 Å². The Morgan fingerprint density at radius 2 is 1.85 bits per heavy atom. The van der Waals surface area contributed by atoms with Crippen LogP contribution in [0.3, 0.4) is 0 Å². The van der Waals surface area contributed by atoms with Crippen LogP contribution in [0.15, 0.2) is 53.4 Å². The fourth-order valence-electron chi connectivity index (χ4n) is 3.60. The molecular formula is C21H26N2O3S. The van der Waals surface area contributed by atoms with Crippen LogP contribution in [0.1, 0.15) is 36.8 Å². The first-order valence-electron chi connectivity index (χ1n) is 9.28. The number of hydrogen-bond acceptors (Lipinski definition) is 3. The van der Waals surface area contributed by atoms with E-state index in [4.69, 9.17) is 0 Å². The lowest BCUT2D eigenvalue weighted by molar-refractivity contribution is -0.120. The first kappa shape index (κ1) is 19.6. The molecule has 0 aromatic heterocycles. The van der Waals surface area contributed by atoms with E-state index in [1.54, 1.807) is 18.2 Å². The molecule has 0 spiro atoms. The number of amides is 1. The Hall–Kier alpha value is -2.18.